The minimum Gasteiger partial charge on any atom is -0.484 e. The average molecular weight is 506 g/mol. The molecule has 0 aliphatic heterocycles. The maximum Gasteiger partial charge on any atom is 0.307 e. The van der Waals surface area contributed by atoms with Gasteiger partial charge in [-0.2, -0.15) is 5.10 Å². The van der Waals surface area contributed by atoms with Crippen LogP contribution in [0.5, 0.6) is 5.75 Å². The number of aryl methyl sites for hydroxylation is 1. The molecule has 0 atom stereocenters. The molecule has 0 spiro atoms. The smallest absolute Gasteiger partial charge is 0.307 e. The first-order valence-corrected chi connectivity index (χ1v) is 10.9. The standard InChI is InChI=1S/C25H20BrN3O4/c1-16-2-7-20(8-3-16)28-24(30)15-32-21-9-4-17(5-10-21)14-27-29-25(31)23-13-18-12-19(26)6-11-22(18)33-23/h2-14H,15H2,1H3,(H,28,30)(H,29,31)/b27-14+. The fourth-order valence-electron chi connectivity index (χ4n) is 2.98. The van der Waals surface area contributed by atoms with Gasteiger partial charge in [-0.3, -0.25) is 9.59 Å². The minimum atomic E-state index is -0.446. The molecule has 0 fully saturated rings. The summed E-state index contributed by atoms with van der Waals surface area (Å²) < 4.78 is 12.0. The van der Waals surface area contributed by atoms with Gasteiger partial charge in [-0.25, -0.2) is 5.43 Å². The highest BCUT2D eigenvalue weighted by molar-refractivity contribution is 9.10. The molecule has 4 aromatic rings. The Morgan fingerprint density at radius 2 is 1.79 bits per heavy atom. The largest absolute Gasteiger partial charge is 0.484 e. The zero-order chi connectivity index (χ0) is 23.2. The van der Waals surface area contributed by atoms with E-state index in [4.69, 9.17) is 9.15 Å². The number of fused-ring (bicyclic) bond motifs is 1. The van der Waals surface area contributed by atoms with Crippen molar-refractivity contribution in [3.05, 3.63) is 94.2 Å². The van der Waals surface area contributed by atoms with Crippen LogP contribution >= 0.6 is 15.9 Å². The molecule has 0 radical (unpaired) electrons. The highest BCUT2D eigenvalue weighted by Gasteiger charge is 2.11. The van der Waals surface area contributed by atoms with Gasteiger partial charge in [-0.05, 0) is 73.2 Å². The molecule has 1 aromatic heterocycles. The molecule has 0 aliphatic carbocycles. The third-order valence-corrected chi connectivity index (χ3v) is 5.16. The zero-order valence-electron chi connectivity index (χ0n) is 17.7. The molecule has 2 N–H and O–H groups in total. The summed E-state index contributed by atoms with van der Waals surface area (Å²) in [6.45, 7) is 1.88. The second kappa shape index (κ2) is 10.1. The van der Waals surface area contributed by atoms with Gasteiger partial charge in [0.25, 0.3) is 5.91 Å². The number of furan rings is 1. The maximum atomic E-state index is 12.3. The topological polar surface area (TPSA) is 92.9 Å². The molecule has 7 nitrogen and oxygen atoms in total. The molecule has 2 amide bonds. The van der Waals surface area contributed by atoms with Gasteiger partial charge in [0.05, 0.1) is 6.21 Å². The highest BCUT2D eigenvalue weighted by Crippen LogP contribution is 2.23. The van der Waals surface area contributed by atoms with E-state index in [1.54, 1.807) is 36.4 Å². The summed E-state index contributed by atoms with van der Waals surface area (Å²) in [6.07, 6.45) is 1.50. The van der Waals surface area contributed by atoms with Gasteiger partial charge in [0, 0.05) is 15.5 Å². The first-order valence-electron chi connectivity index (χ1n) is 10.1. The fourth-order valence-corrected chi connectivity index (χ4v) is 3.36. The Hall–Kier alpha value is -3.91. The second-order valence-corrected chi connectivity index (χ2v) is 8.18. The monoisotopic (exact) mass is 505 g/mol. The Labute approximate surface area is 198 Å². The molecular weight excluding hydrogens is 486 g/mol. The molecule has 166 valence electrons. The second-order valence-electron chi connectivity index (χ2n) is 7.26. The summed E-state index contributed by atoms with van der Waals surface area (Å²) in [5, 5.41) is 7.56. The van der Waals surface area contributed by atoms with E-state index >= 15 is 0 Å². The van der Waals surface area contributed by atoms with Crippen LogP contribution in [0.1, 0.15) is 21.7 Å². The Balaban J connectivity index is 1.26. The van der Waals surface area contributed by atoms with Crippen LogP contribution in [-0.4, -0.2) is 24.6 Å². The number of rotatable bonds is 7. The predicted molar refractivity (Wildman–Crippen MR) is 131 cm³/mol. The number of anilines is 1. The lowest BCUT2D eigenvalue weighted by atomic mass is 10.2. The number of carbonyl (C=O) groups excluding carboxylic acids is 2. The molecule has 4 rings (SSSR count). The number of ether oxygens (including phenoxy) is 1. The van der Waals surface area contributed by atoms with Gasteiger partial charge in [-0.15, -0.1) is 0 Å². The van der Waals surface area contributed by atoms with Crippen LogP contribution < -0.4 is 15.5 Å². The number of nitrogens with zero attached hydrogens (tertiary/aromatic N) is 1. The molecule has 0 unspecified atom stereocenters. The van der Waals surface area contributed by atoms with Gasteiger partial charge in [-0.1, -0.05) is 33.6 Å². The van der Waals surface area contributed by atoms with Crippen LogP contribution in [0.4, 0.5) is 5.69 Å². The number of halogens is 1. The predicted octanol–water partition coefficient (Wildman–Crippen LogP) is 5.29. The number of nitrogens with one attached hydrogen (secondary N) is 2. The summed E-state index contributed by atoms with van der Waals surface area (Å²) in [7, 11) is 0. The van der Waals surface area contributed by atoms with E-state index in [0.29, 0.717) is 11.3 Å². The summed E-state index contributed by atoms with van der Waals surface area (Å²) in [5.41, 5.74) is 5.66. The Morgan fingerprint density at radius 3 is 2.55 bits per heavy atom. The van der Waals surface area contributed by atoms with Crippen molar-refractivity contribution in [1.82, 2.24) is 5.43 Å². The summed E-state index contributed by atoms with van der Waals surface area (Å²) >= 11 is 3.39. The molecule has 8 heteroatoms. The van der Waals surface area contributed by atoms with Crippen LogP contribution in [0, 0.1) is 6.92 Å². The van der Waals surface area contributed by atoms with Gasteiger partial charge in [0.2, 0.25) is 0 Å². The van der Waals surface area contributed by atoms with Crippen molar-refractivity contribution in [3.8, 4) is 5.75 Å². The number of benzene rings is 3. The normalized spacial score (nSPS) is 11.0. The van der Waals surface area contributed by atoms with E-state index in [-0.39, 0.29) is 18.3 Å². The lowest BCUT2D eigenvalue weighted by Gasteiger charge is -2.08. The zero-order valence-corrected chi connectivity index (χ0v) is 19.3. The van der Waals surface area contributed by atoms with Crippen molar-refractivity contribution in [3.63, 3.8) is 0 Å². The maximum absolute atomic E-state index is 12.3. The molecule has 0 saturated heterocycles. The van der Waals surface area contributed by atoms with E-state index in [1.807, 2.05) is 43.3 Å². The van der Waals surface area contributed by atoms with Gasteiger partial charge in [0.1, 0.15) is 11.3 Å². The first kappa shape index (κ1) is 22.3. The Kier molecular flexibility index (Phi) is 6.85. The van der Waals surface area contributed by atoms with E-state index in [1.165, 1.54) is 6.21 Å². The van der Waals surface area contributed by atoms with Crippen molar-refractivity contribution in [2.45, 2.75) is 6.92 Å². The summed E-state index contributed by atoms with van der Waals surface area (Å²) in [4.78, 5) is 24.3. The molecule has 0 bridgehead atoms. The molecule has 1 heterocycles. The third-order valence-electron chi connectivity index (χ3n) is 4.67. The number of carbonyl (C=O) groups is 2. The number of hydrogen-bond acceptors (Lipinski definition) is 5. The number of hydrazone groups is 1. The van der Waals surface area contributed by atoms with Crippen molar-refractivity contribution in [2.24, 2.45) is 5.10 Å². The minimum absolute atomic E-state index is 0.106. The van der Waals surface area contributed by atoms with Crippen molar-refractivity contribution >= 4 is 50.6 Å². The van der Waals surface area contributed by atoms with E-state index < -0.39 is 5.91 Å². The number of amides is 2. The Morgan fingerprint density at radius 1 is 1.03 bits per heavy atom. The summed E-state index contributed by atoms with van der Waals surface area (Å²) in [5.74, 6) is 0.0276. The first-order chi connectivity index (χ1) is 16.0. The van der Waals surface area contributed by atoms with Crippen LogP contribution in [-0.2, 0) is 4.79 Å². The fraction of sp³-hybridized carbons (Fsp3) is 0.0800. The van der Waals surface area contributed by atoms with Gasteiger partial charge < -0.3 is 14.5 Å². The molecular formula is C25H20BrN3O4. The lowest BCUT2D eigenvalue weighted by molar-refractivity contribution is -0.118. The van der Waals surface area contributed by atoms with Crippen LogP contribution in [0.25, 0.3) is 11.0 Å². The van der Waals surface area contributed by atoms with E-state index in [9.17, 15) is 9.59 Å². The SMILES string of the molecule is Cc1ccc(NC(=O)COc2ccc(/C=N/NC(=O)c3cc4cc(Br)ccc4o3)cc2)cc1. The molecule has 33 heavy (non-hydrogen) atoms. The van der Waals surface area contributed by atoms with Crippen LogP contribution in [0.3, 0.4) is 0 Å². The van der Waals surface area contributed by atoms with Gasteiger partial charge >= 0.3 is 5.91 Å². The average Bonchev–Trinajstić information content (AvgIpc) is 3.23. The van der Waals surface area contributed by atoms with Crippen LogP contribution in [0.2, 0.25) is 0 Å². The molecule has 0 aliphatic rings. The lowest BCUT2D eigenvalue weighted by Crippen LogP contribution is -2.20. The number of hydrogen-bond donors (Lipinski definition) is 2. The van der Waals surface area contributed by atoms with Gasteiger partial charge in [0.15, 0.2) is 12.4 Å². The van der Waals surface area contributed by atoms with E-state index in [0.717, 1.165) is 26.7 Å². The third kappa shape index (κ3) is 6.08. The Bertz CT molecular complexity index is 1310. The van der Waals surface area contributed by atoms with E-state index in [2.05, 4.69) is 31.8 Å². The summed E-state index contributed by atoms with van der Waals surface area (Å²) in [6, 6.07) is 21.7. The molecule has 0 saturated carbocycles. The quantitative estimate of drug-likeness (QED) is 0.263. The van der Waals surface area contributed by atoms with Crippen molar-refractivity contribution in [1.29, 1.82) is 0 Å². The van der Waals surface area contributed by atoms with Crippen LogP contribution in [0.15, 0.2) is 86.8 Å². The van der Waals surface area contributed by atoms with Crippen molar-refractivity contribution < 1.29 is 18.7 Å². The van der Waals surface area contributed by atoms with Crippen molar-refractivity contribution in [2.75, 3.05) is 11.9 Å². The highest BCUT2D eigenvalue weighted by atomic mass is 79.9. The molecule has 3 aromatic carbocycles.